The fourth-order valence-corrected chi connectivity index (χ4v) is 1.42. The Hall–Kier alpha value is -1.18. The number of carboxylic acids is 1. The molecule has 0 saturated carbocycles. The van der Waals surface area contributed by atoms with E-state index in [9.17, 15) is 9.59 Å². The van der Waals surface area contributed by atoms with Crippen LogP contribution in [0.2, 0.25) is 0 Å². The Bertz CT molecular complexity index is 277. The Balaban J connectivity index is 3.61. The van der Waals surface area contributed by atoms with Crippen LogP contribution >= 0.6 is 0 Å². The maximum Gasteiger partial charge on any atom is 0.338 e. The predicted octanol–water partition coefficient (Wildman–Crippen LogP) is -0.333. The Morgan fingerprint density at radius 1 is 1.00 bits per heavy atom. The highest BCUT2D eigenvalue weighted by atomic mass is 16.5. The number of unbranched alkanes of at least 4 members (excludes halogenated alkanes) is 3. The Labute approximate surface area is 111 Å². The zero-order valence-electron chi connectivity index (χ0n) is 11.0. The van der Waals surface area contributed by atoms with E-state index < -0.39 is 24.1 Å². The van der Waals surface area contributed by atoms with Gasteiger partial charge in [-0.15, -0.1) is 0 Å². The average Bonchev–Trinajstić information content (AvgIpc) is 2.34. The van der Waals surface area contributed by atoms with Crippen LogP contribution in [0.4, 0.5) is 0 Å². The lowest BCUT2D eigenvalue weighted by Crippen LogP contribution is -2.40. The molecule has 0 radical (unpaired) electrons. The summed E-state index contributed by atoms with van der Waals surface area (Å²) in [5.74, 6) is -2.82. The van der Waals surface area contributed by atoms with Crippen LogP contribution < -0.4 is 0 Å². The average molecular weight is 278 g/mol. The second-order valence-corrected chi connectivity index (χ2v) is 4.45. The van der Waals surface area contributed by atoms with Crippen LogP contribution in [0.3, 0.4) is 0 Å². The molecule has 0 aromatic carbocycles. The van der Waals surface area contributed by atoms with E-state index in [2.05, 4.69) is 4.74 Å². The summed E-state index contributed by atoms with van der Waals surface area (Å²) in [4.78, 5) is 21.4. The lowest BCUT2D eigenvalue weighted by atomic mass is 10.1. The number of carbonyl (C=O) groups excluding carboxylic acids is 1. The topological polar surface area (TPSA) is 124 Å². The minimum Gasteiger partial charge on any atom is -0.479 e. The number of esters is 1. The number of carboxylic acid groups (broad SMARTS) is 1. The van der Waals surface area contributed by atoms with Gasteiger partial charge in [0.25, 0.3) is 0 Å². The van der Waals surface area contributed by atoms with Crippen LogP contribution in [-0.4, -0.2) is 57.3 Å². The Morgan fingerprint density at radius 3 is 2.11 bits per heavy atom. The molecule has 3 unspecified atom stereocenters. The highest BCUT2D eigenvalue weighted by molar-refractivity contribution is 5.84. The molecule has 0 aliphatic heterocycles. The Morgan fingerprint density at radius 2 is 1.58 bits per heavy atom. The fraction of sp³-hybridized carbons (Fsp3) is 0.833. The first-order valence-corrected chi connectivity index (χ1v) is 6.30. The van der Waals surface area contributed by atoms with Crippen LogP contribution in [-0.2, 0) is 14.3 Å². The summed E-state index contributed by atoms with van der Waals surface area (Å²) in [5.41, 5.74) is 0. The van der Waals surface area contributed by atoms with Gasteiger partial charge in [-0.2, -0.15) is 0 Å². The second-order valence-electron chi connectivity index (χ2n) is 4.45. The van der Waals surface area contributed by atoms with Crippen molar-refractivity contribution >= 4 is 11.9 Å². The maximum atomic E-state index is 11.1. The molecule has 7 nitrogen and oxygen atoms in total. The fourth-order valence-electron chi connectivity index (χ4n) is 1.42. The zero-order valence-corrected chi connectivity index (χ0v) is 11.0. The number of aliphatic hydroxyl groups is 3. The molecule has 0 rings (SSSR count). The molecule has 4 N–H and O–H groups in total. The largest absolute Gasteiger partial charge is 0.479 e. The van der Waals surface area contributed by atoms with Gasteiger partial charge in [0.15, 0.2) is 12.2 Å². The molecule has 0 bridgehead atoms. The number of aliphatic carboxylic acids is 1. The van der Waals surface area contributed by atoms with E-state index in [-0.39, 0.29) is 12.7 Å². The molecule has 0 fully saturated rings. The van der Waals surface area contributed by atoms with Crippen molar-refractivity contribution in [3.63, 3.8) is 0 Å². The van der Waals surface area contributed by atoms with Gasteiger partial charge >= 0.3 is 11.9 Å². The van der Waals surface area contributed by atoms with E-state index in [4.69, 9.17) is 20.4 Å². The van der Waals surface area contributed by atoms with Crippen molar-refractivity contribution in [1.82, 2.24) is 0 Å². The SMILES string of the molecule is CC(O)CCCCCCOC(=O)C(O)C(O)C(=O)O. The lowest BCUT2D eigenvalue weighted by molar-refractivity contribution is -0.169. The number of aliphatic hydroxyl groups excluding tert-OH is 3. The molecule has 112 valence electrons. The quantitative estimate of drug-likeness (QED) is 0.318. The summed E-state index contributed by atoms with van der Waals surface area (Å²) in [7, 11) is 0. The molecular weight excluding hydrogens is 256 g/mol. The third kappa shape index (κ3) is 8.52. The second kappa shape index (κ2) is 9.71. The highest BCUT2D eigenvalue weighted by Gasteiger charge is 2.31. The van der Waals surface area contributed by atoms with Crippen LogP contribution in [0.5, 0.6) is 0 Å². The maximum absolute atomic E-state index is 11.1. The minimum absolute atomic E-state index is 0.0664. The molecule has 3 atom stereocenters. The summed E-state index contributed by atoms with van der Waals surface area (Å²) in [6.45, 7) is 1.79. The van der Waals surface area contributed by atoms with Gasteiger partial charge < -0.3 is 25.2 Å². The first kappa shape index (κ1) is 17.8. The van der Waals surface area contributed by atoms with Crippen LogP contribution in [0.15, 0.2) is 0 Å². The van der Waals surface area contributed by atoms with Gasteiger partial charge in [-0.05, 0) is 19.8 Å². The minimum atomic E-state index is -2.17. The standard InChI is InChI=1S/C12H22O7/c1-8(13)6-4-2-3-5-7-19-12(18)10(15)9(14)11(16)17/h8-10,13-15H,2-7H2,1H3,(H,16,17). The molecule has 0 aromatic heterocycles. The van der Waals surface area contributed by atoms with Crippen molar-refractivity contribution in [3.8, 4) is 0 Å². The van der Waals surface area contributed by atoms with Gasteiger partial charge in [0.1, 0.15) is 0 Å². The lowest BCUT2D eigenvalue weighted by Gasteiger charge is -2.13. The zero-order chi connectivity index (χ0) is 14.8. The van der Waals surface area contributed by atoms with Gasteiger partial charge in [0.05, 0.1) is 12.7 Å². The van der Waals surface area contributed by atoms with Crippen molar-refractivity contribution in [3.05, 3.63) is 0 Å². The summed E-state index contributed by atoms with van der Waals surface area (Å²) in [6.07, 6.45) is -0.659. The van der Waals surface area contributed by atoms with Gasteiger partial charge in [0, 0.05) is 0 Å². The summed E-state index contributed by atoms with van der Waals surface area (Å²) in [5, 5.41) is 35.4. The molecule has 0 aliphatic carbocycles. The first-order chi connectivity index (χ1) is 8.86. The van der Waals surface area contributed by atoms with Crippen LogP contribution in [0.1, 0.15) is 39.0 Å². The van der Waals surface area contributed by atoms with Crippen molar-refractivity contribution < 1.29 is 34.8 Å². The number of ether oxygens (including phenoxy) is 1. The number of rotatable bonds is 10. The first-order valence-electron chi connectivity index (χ1n) is 6.30. The molecule has 0 aromatic rings. The van der Waals surface area contributed by atoms with E-state index in [0.717, 1.165) is 25.7 Å². The predicted molar refractivity (Wildman–Crippen MR) is 65.4 cm³/mol. The van der Waals surface area contributed by atoms with Crippen molar-refractivity contribution in [2.45, 2.75) is 57.3 Å². The highest BCUT2D eigenvalue weighted by Crippen LogP contribution is 2.06. The number of hydrogen-bond acceptors (Lipinski definition) is 6. The summed E-state index contributed by atoms with van der Waals surface area (Å²) < 4.78 is 4.64. The third-order valence-corrected chi connectivity index (χ3v) is 2.55. The van der Waals surface area contributed by atoms with Crippen molar-refractivity contribution in [2.75, 3.05) is 6.61 Å². The van der Waals surface area contributed by atoms with Crippen LogP contribution in [0.25, 0.3) is 0 Å². The smallest absolute Gasteiger partial charge is 0.338 e. The molecule has 0 heterocycles. The van der Waals surface area contributed by atoms with Gasteiger partial charge in [-0.1, -0.05) is 19.3 Å². The van der Waals surface area contributed by atoms with E-state index in [0.29, 0.717) is 6.42 Å². The van der Waals surface area contributed by atoms with Gasteiger partial charge in [-0.3, -0.25) is 0 Å². The van der Waals surface area contributed by atoms with E-state index >= 15 is 0 Å². The monoisotopic (exact) mass is 278 g/mol. The van der Waals surface area contributed by atoms with E-state index in [1.54, 1.807) is 6.92 Å². The Kier molecular flexibility index (Phi) is 9.11. The number of carbonyl (C=O) groups is 2. The molecule has 0 amide bonds. The third-order valence-electron chi connectivity index (χ3n) is 2.55. The van der Waals surface area contributed by atoms with E-state index in [1.807, 2.05) is 0 Å². The summed E-state index contributed by atoms with van der Waals surface area (Å²) >= 11 is 0. The van der Waals surface area contributed by atoms with E-state index in [1.165, 1.54) is 0 Å². The number of hydrogen-bond donors (Lipinski definition) is 4. The molecular formula is C12H22O7. The van der Waals surface area contributed by atoms with Gasteiger partial charge in [-0.25, -0.2) is 9.59 Å². The van der Waals surface area contributed by atoms with Crippen molar-refractivity contribution in [2.24, 2.45) is 0 Å². The molecule has 7 heteroatoms. The normalized spacial score (nSPS) is 15.6. The molecule has 0 aliphatic rings. The molecule has 0 saturated heterocycles. The molecule has 0 spiro atoms. The van der Waals surface area contributed by atoms with Crippen LogP contribution in [0, 0.1) is 0 Å². The van der Waals surface area contributed by atoms with Crippen molar-refractivity contribution in [1.29, 1.82) is 0 Å². The van der Waals surface area contributed by atoms with Gasteiger partial charge in [0.2, 0.25) is 0 Å². The summed E-state index contributed by atoms with van der Waals surface area (Å²) in [6, 6.07) is 0. The molecule has 19 heavy (non-hydrogen) atoms.